The second-order valence-electron chi connectivity index (χ2n) is 5.23. The third-order valence-electron chi connectivity index (χ3n) is 3.85. The van der Waals surface area contributed by atoms with E-state index in [-0.39, 0.29) is 5.56 Å². The second kappa shape index (κ2) is 6.25. The summed E-state index contributed by atoms with van der Waals surface area (Å²) in [5.41, 5.74) is 0.787. The maximum atomic E-state index is 12.6. The summed E-state index contributed by atoms with van der Waals surface area (Å²) in [7, 11) is 0. The Morgan fingerprint density at radius 3 is 2.81 bits per heavy atom. The van der Waals surface area contributed by atoms with Gasteiger partial charge in [-0.25, -0.2) is 4.98 Å². The van der Waals surface area contributed by atoms with Crippen LogP contribution < -0.4 is 5.56 Å². The zero-order valence-corrected chi connectivity index (χ0v) is 13.6. The van der Waals surface area contributed by atoms with Gasteiger partial charge in [0.05, 0.1) is 24.1 Å². The lowest BCUT2D eigenvalue weighted by molar-refractivity contribution is 0.0362. The summed E-state index contributed by atoms with van der Waals surface area (Å²) >= 11 is 3.41. The van der Waals surface area contributed by atoms with Crippen molar-refractivity contribution in [3.8, 4) is 0 Å². The van der Waals surface area contributed by atoms with Crippen molar-refractivity contribution in [1.29, 1.82) is 0 Å². The van der Waals surface area contributed by atoms with E-state index in [4.69, 9.17) is 4.74 Å². The van der Waals surface area contributed by atoms with Gasteiger partial charge in [-0.15, -0.1) is 0 Å². The van der Waals surface area contributed by atoms with Gasteiger partial charge in [-0.05, 0) is 25.1 Å². The molecule has 0 bridgehead atoms. The summed E-state index contributed by atoms with van der Waals surface area (Å²) in [6, 6.07) is 5.63. The average molecular weight is 352 g/mol. The number of benzene rings is 1. The first-order chi connectivity index (χ1) is 10.1. The molecule has 5 nitrogen and oxygen atoms in total. The highest BCUT2D eigenvalue weighted by atomic mass is 79.9. The number of aromatic nitrogens is 2. The molecule has 2 aromatic rings. The Bertz CT molecular complexity index is 708. The van der Waals surface area contributed by atoms with Gasteiger partial charge in [0.1, 0.15) is 5.82 Å². The van der Waals surface area contributed by atoms with Gasteiger partial charge in [-0.3, -0.25) is 14.3 Å². The fourth-order valence-electron chi connectivity index (χ4n) is 2.63. The largest absolute Gasteiger partial charge is 0.379 e. The first-order valence-corrected chi connectivity index (χ1v) is 7.91. The number of fused-ring (bicyclic) bond motifs is 1. The number of ether oxygens (including phenoxy) is 1. The van der Waals surface area contributed by atoms with Crippen LogP contribution in [-0.2, 0) is 11.3 Å². The Kier molecular flexibility index (Phi) is 4.37. The maximum Gasteiger partial charge on any atom is 0.261 e. The number of halogens is 1. The summed E-state index contributed by atoms with van der Waals surface area (Å²) < 4.78 is 8.01. The van der Waals surface area contributed by atoms with Gasteiger partial charge >= 0.3 is 0 Å². The van der Waals surface area contributed by atoms with Crippen LogP contribution in [0.1, 0.15) is 5.82 Å². The van der Waals surface area contributed by atoms with Crippen LogP contribution in [0.25, 0.3) is 10.9 Å². The first-order valence-electron chi connectivity index (χ1n) is 7.12. The molecule has 2 heterocycles. The monoisotopic (exact) mass is 351 g/mol. The lowest BCUT2D eigenvalue weighted by atomic mass is 10.2. The molecule has 1 fully saturated rings. The van der Waals surface area contributed by atoms with Crippen molar-refractivity contribution in [3.05, 3.63) is 38.9 Å². The molecule has 1 aliphatic rings. The number of morpholine rings is 1. The second-order valence-corrected chi connectivity index (χ2v) is 6.15. The van der Waals surface area contributed by atoms with Crippen LogP contribution in [0.15, 0.2) is 27.5 Å². The van der Waals surface area contributed by atoms with Crippen molar-refractivity contribution in [1.82, 2.24) is 14.5 Å². The van der Waals surface area contributed by atoms with Crippen molar-refractivity contribution in [2.45, 2.75) is 13.5 Å². The summed E-state index contributed by atoms with van der Waals surface area (Å²) in [4.78, 5) is 19.5. The zero-order valence-electron chi connectivity index (χ0n) is 12.0. The smallest absolute Gasteiger partial charge is 0.261 e. The molecule has 0 saturated carbocycles. The maximum absolute atomic E-state index is 12.6. The summed E-state index contributed by atoms with van der Waals surface area (Å²) in [6.07, 6.45) is 0. The Labute approximate surface area is 131 Å². The molecule has 0 amide bonds. The fraction of sp³-hybridized carbons (Fsp3) is 0.467. The predicted octanol–water partition coefficient (Wildman–Crippen LogP) is 1.80. The highest BCUT2D eigenvalue weighted by molar-refractivity contribution is 9.10. The number of rotatable bonds is 3. The molecule has 1 saturated heterocycles. The van der Waals surface area contributed by atoms with E-state index in [1.165, 1.54) is 0 Å². The van der Waals surface area contributed by atoms with Crippen LogP contribution in [0.3, 0.4) is 0 Å². The SMILES string of the molecule is Cc1nc2ccc(Br)cc2c(=O)n1CCN1CCOCC1. The molecule has 21 heavy (non-hydrogen) atoms. The molecule has 6 heteroatoms. The van der Waals surface area contributed by atoms with E-state index in [1.54, 1.807) is 4.57 Å². The average Bonchev–Trinajstić information content (AvgIpc) is 2.49. The molecule has 0 atom stereocenters. The minimum atomic E-state index is 0.0343. The van der Waals surface area contributed by atoms with Crippen LogP contribution in [0.4, 0.5) is 0 Å². The molecule has 112 valence electrons. The standard InChI is InChI=1S/C15H18BrN3O2/c1-11-17-14-3-2-12(16)10-13(14)15(20)19(11)5-4-18-6-8-21-9-7-18/h2-3,10H,4-9H2,1H3. The summed E-state index contributed by atoms with van der Waals surface area (Å²) in [5, 5.41) is 0.664. The highest BCUT2D eigenvalue weighted by Gasteiger charge is 2.13. The number of hydrogen-bond acceptors (Lipinski definition) is 4. The molecule has 1 aromatic carbocycles. The lowest BCUT2D eigenvalue weighted by Crippen LogP contribution is -2.39. The van der Waals surface area contributed by atoms with E-state index in [0.29, 0.717) is 11.9 Å². The molecule has 1 aromatic heterocycles. The first kappa shape index (κ1) is 14.7. The lowest BCUT2D eigenvalue weighted by Gasteiger charge is -2.26. The van der Waals surface area contributed by atoms with E-state index in [0.717, 1.165) is 48.7 Å². The number of nitrogens with zero attached hydrogens (tertiary/aromatic N) is 3. The van der Waals surface area contributed by atoms with Gasteiger partial charge in [-0.1, -0.05) is 15.9 Å². The van der Waals surface area contributed by atoms with E-state index in [1.807, 2.05) is 25.1 Å². The Balaban J connectivity index is 1.88. The van der Waals surface area contributed by atoms with Crippen LogP contribution in [0.2, 0.25) is 0 Å². The van der Waals surface area contributed by atoms with Crippen LogP contribution in [0.5, 0.6) is 0 Å². The molecular formula is C15H18BrN3O2. The minimum absolute atomic E-state index is 0.0343. The quantitative estimate of drug-likeness (QED) is 0.845. The van der Waals surface area contributed by atoms with Crippen molar-refractivity contribution in [3.63, 3.8) is 0 Å². The predicted molar refractivity (Wildman–Crippen MR) is 85.7 cm³/mol. The third kappa shape index (κ3) is 3.17. The third-order valence-corrected chi connectivity index (χ3v) is 4.34. The molecule has 1 aliphatic heterocycles. The van der Waals surface area contributed by atoms with Crippen molar-refractivity contribution < 1.29 is 4.74 Å². The van der Waals surface area contributed by atoms with Gasteiger partial charge in [0, 0.05) is 30.7 Å². The Hall–Kier alpha value is -1.24. The molecule has 0 spiro atoms. The van der Waals surface area contributed by atoms with E-state index in [9.17, 15) is 4.79 Å². The number of hydrogen-bond donors (Lipinski definition) is 0. The zero-order chi connectivity index (χ0) is 14.8. The van der Waals surface area contributed by atoms with Crippen LogP contribution in [-0.4, -0.2) is 47.3 Å². The van der Waals surface area contributed by atoms with Gasteiger partial charge in [0.15, 0.2) is 0 Å². The van der Waals surface area contributed by atoms with E-state index >= 15 is 0 Å². The number of aryl methyl sites for hydroxylation is 1. The van der Waals surface area contributed by atoms with Crippen LogP contribution in [0, 0.1) is 6.92 Å². The topological polar surface area (TPSA) is 47.4 Å². The van der Waals surface area contributed by atoms with Gasteiger partial charge in [-0.2, -0.15) is 0 Å². The molecule has 0 N–H and O–H groups in total. The summed E-state index contributed by atoms with van der Waals surface area (Å²) in [5.74, 6) is 0.767. The summed E-state index contributed by atoms with van der Waals surface area (Å²) in [6.45, 7) is 6.82. The highest BCUT2D eigenvalue weighted by Crippen LogP contribution is 2.15. The van der Waals surface area contributed by atoms with Crippen molar-refractivity contribution >= 4 is 26.8 Å². The van der Waals surface area contributed by atoms with Gasteiger partial charge in [0.2, 0.25) is 0 Å². The molecule has 0 unspecified atom stereocenters. The molecule has 0 aliphatic carbocycles. The minimum Gasteiger partial charge on any atom is -0.379 e. The fourth-order valence-corrected chi connectivity index (χ4v) is 2.99. The van der Waals surface area contributed by atoms with E-state index < -0.39 is 0 Å². The normalized spacial score (nSPS) is 16.5. The van der Waals surface area contributed by atoms with Crippen molar-refractivity contribution in [2.75, 3.05) is 32.8 Å². The van der Waals surface area contributed by atoms with Crippen LogP contribution >= 0.6 is 15.9 Å². The van der Waals surface area contributed by atoms with Gasteiger partial charge in [0.25, 0.3) is 5.56 Å². The van der Waals surface area contributed by atoms with Crippen molar-refractivity contribution in [2.24, 2.45) is 0 Å². The molecule has 3 rings (SSSR count). The van der Waals surface area contributed by atoms with E-state index in [2.05, 4.69) is 25.8 Å². The Morgan fingerprint density at radius 2 is 2.05 bits per heavy atom. The molecular weight excluding hydrogens is 334 g/mol. The Morgan fingerprint density at radius 1 is 1.29 bits per heavy atom. The molecule has 0 radical (unpaired) electrons. The van der Waals surface area contributed by atoms with Gasteiger partial charge < -0.3 is 4.74 Å².